The molecule has 1 amide bonds. The lowest BCUT2D eigenvalue weighted by atomic mass is 9.91. The zero-order valence-corrected chi connectivity index (χ0v) is 37.8. The number of unbranched alkanes of at least 4 members (excludes halogenated alkanes) is 21. The van der Waals surface area contributed by atoms with Crippen molar-refractivity contribution in [1.29, 1.82) is 0 Å². The van der Waals surface area contributed by atoms with Gasteiger partial charge in [0.15, 0.2) is 0 Å². The van der Waals surface area contributed by atoms with E-state index in [1.807, 2.05) is 18.1 Å². The van der Waals surface area contributed by atoms with E-state index in [0.717, 1.165) is 83.6 Å². The highest BCUT2D eigenvalue weighted by Crippen LogP contribution is 2.23. The Morgan fingerprint density at radius 3 is 1.65 bits per heavy atom. The Bertz CT molecular complexity index is 944. The third-order valence-corrected chi connectivity index (χ3v) is 10.9. The molecule has 1 atom stereocenters. The number of hydrogen-bond donors (Lipinski definition) is 1. The molecule has 1 N–H and O–H groups in total. The lowest BCUT2D eigenvalue weighted by molar-refractivity contribution is -0.146. The van der Waals surface area contributed by atoms with Crippen LogP contribution in [0.4, 0.5) is 4.79 Å². The Hall–Kier alpha value is -2.58. The predicted octanol–water partition coefficient (Wildman–Crippen LogP) is 13.4. The molecule has 0 aliphatic heterocycles. The monoisotopic (exact) mass is 806 g/mol. The van der Waals surface area contributed by atoms with Crippen LogP contribution in [0.1, 0.15) is 226 Å². The van der Waals surface area contributed by atoms with Crippen molar-refractivity contribution in [2.75, 3.05) is 33.4 Å². The molecule has 0 spiro atoms. The van der Waals surface area contributed by atoms with Gasteiger partial charge in [-0.25, -0.2) is 4.79 Å². The number of rotatable bonds is 43. The van der Waals surface area contributed by atoms with E-state index in [2.05, 4.69) is 37.8 Å². The average molecular weight is 806 g/mol. The van der Waals surface area contributed by atoms with Gasteiger partial charge in [0.05, 0.1) is 13.2 Å². The molecule has 0 saturated heterocycles. The number of amides is 1. The fourth-order valence-electron chi connectivity index (χ4n) is 7.25. The number of alkyl carbamates (subject to hydrolysis) is 1. The van der Waals surface area contributed by atoms with Gasteiger partial charge in [0.1, 0.15) is 6.10 Å². The van der Waals surface area contributed by atoms with E-state index in [9.17, 15) is 14.4 Å². The van der Waals surface area contributed by atoms with E-state index in [4.69, 9.17) is 14.2 Å². The van der Waals surface area contributed by atoms with Crippen LogP contribution in [0.25, 0.3) is 0 Å². The molecule has 0 aromatic rings. The van der Waals surface area contributed by atoms with Crippen LogP contribution in [-0.4, -0.2) is 69.1 Å². The number of hydrogen-bond acceptors (Lipinski definition) is 8. The molecule has 0 aromatic carbocycles. The van der Waals surface area contributed by atoms with Gasteiger partial charge in [-0.15, -0.1) is 0 Å². The van der Waals surface area contributed by atoms with Crippen LogP contribution in [0.15, 0.2) is 17.4 Å². The maximum Gasteiger partial charge on any atom is 0.407 e. The van der Waals surface area contributed by atoms with Gasteiger partial charge in [0.25, 0.3) is 0 Å². The Labute approximate surface area is 351 Å². The average Bonchev–Trinajstić information content (AvgIpc) is 3.19. The highest BCUT2D eigenvalue weighted by Gasteiger charge is 2.18. The Kier molecular flexibility index (Phi) is 41.1. The molecule has 9 nitrogen and oxygen atoms in total. The molecule has 0 fully saturated rings. The summed E-state index contributed by atoms with van der Waals surface area (Å²) in [5, 5.41) is 2.90. The van der Waals surface area contributed by atoms with Crippen molar-refractivity contribution in [3.8, 4) is 0 Å². The molecule has 0 radical (unpaired) electrons. The van der Waals surface area contributed by atoms with E-state index in [0.29, 0.717) is 38.3 Å². The van der Waals surface area contributed by atoms with Gasteiger partial charge >= 0.3 is 18.0 Å². The van der Waals surface area contributed by atoms with Crippen molar-refractivity contribution in [3.05, 3.63) is 12.4 Å². The third-order valence-electron chi connectivity index (χ3n) is 10.9. The quantitative estimate of drug-likeness (QED) is 0.0283. The summed E-state index contributed by atoms with van der Waals surface area (Å²) in [7, 11) is 1.96. The van der Waals surface area contributed by atoms with Crippen LogP contribution < -0.4 is 5.32 Å². The molecule has 0 rings (SSSR count). The lowest BCUT2D eigenvalue weighted by Gasteiger charge is -2.20. The fraction of sp³-hybridized carbons (Fsp3) is 0.875. The first kappa shape index (κ1) is 54.4. The molecular formula is C48H91N3O6. The maximum absolute atomic E-state index is 13.1. The number of esters is 2. The van der Waals surface area contributed by atoms with Crippen molar-refractivity contribution in [2.24, 2.45) is 10.9 Å². The minimum Gasteiger partial charge on any atom is -0.466 e. The van der Waals surface area contributed by atoms with Crippen LogP contribution in [0.5, 0.6) is 0 Å². The van der Waals surface area contributed by atoms with Gasteiger partial charge < -0.3 is 24.4 Å². The van der Waals surface area contributed by atoms with Crippen molar-refractivity contribution in [3.63, 3.8) is 0 Å². The van der Waals surface area contributed by atoms with Crippen molar-refractivity contribution < 1.29 is 28.6 Å². The fourth-order valence-corrected chi connectivity index (χ4v) is 7.25. The number of carbonyl (C=O) groups excluding carboxylic acids is 3. The summed E-state index contributed by atoms with van der Waals surface area (Å²) in [6.07, 6.45) is 37.8. The van der Waals surface area contributed by atoms with Crippen molar-refractivity contribution in [2.45, 2.75) is 232 Å². The Balaban J connectivity index is 4.69. The van der Waals surface area contributed by atoms with Crippen LogP contribution in [-0.2, 0) is 23.8 Å². The van der Waals surface area contributed by atoms with Crippen LogP contribution in [0, 0.1) is 5.92 Å². The summed E-state index contributed by atoms with van der Waals surface area (Å²) in [5.41, 5.74) is 0. The molecule has 0 aromatic heterocycles. The zero-order chi connectivity index (χ0) is 41.9. The summed E-state index contributed by atoms with van der Waals surface area (Å²) in [5.74, 6) is 0.234. The zero-order valence-electron chi connectivity index (χ0n) is 37.8. The first-order valence-corrected chi connectivity index (χ1v) is 23.9. The summed E-state index contributed by atoms with van der Waals surface area (Å²) in [6.45, 7) is 12.3. The minimum absolute atomic E-state index is 0.0472. The Morgan fingerprint density at radius 1 is 0.596 bits per heavy atom. The third kappa shape index (κ3) is 40.0. The molecule has 0 aliphatic rings. The number of ether oxygens (including phenoxy) is 3. The summed E-state index contributed by atoms with van der Waals surface area (Å²) < 4.78 is 17.1. The SMILES string of the molecule is C=N/C=C\N(C)CCCNC(=O)OC(CCCCCCCCCCOC(=O)CCCCCCC)CCOC(=O)CC(CCCCCCCC)CCCCCCCC. The van der Waals surface area contributed by atoms with Crippen LogP contribution >= 0.6 is 0 Å². The van der Waals surface area contributed by atoms with Gasteiger partial charge in [-0.1, -0.05) is 162 Å². The summed E-state index contributed by atoms with van der Waals surface area (Å²) in [6, 6.07) is 0. The highest BCUT2D eigenvalue weighted by atomic mass is 16.6. The Morgan fingerprint density at radius 2 is 1.09 bits per heavy atom. The number of nitrogens with one attached hydrogen (secondary N) is 1. The van der Waals surface area contributed by atoms with E-state index in [1.165, 1.54) is 109 Å². The minimum atomic E-state index is -0.409. The van der Waals surface area contributed by atoms with Gasteiger partial charge in [-0.2, -0.15) is 0 Å². The van der Waals surface area contributed by atoms with Gasteiger partial charge in [0.2, 0.25) is 0 Å². The maximum atomic E-state index is 13.1. The molecule has 0 saturated carbocycles. The molecule has 57 heavy (non-hydrogen) atoms. The standard InChI is InChI=1S/C48H91N3O6/c1-6-9-12-15-22-26-32-44(33-27-23-16-13-10-7-2)43-47(53)56-42-36-45(57-48(54)50-37-31-39-51(5)40-38-49-4)34-28-24-19-17-18-20-25-30-41-55-46(52)35-29-21-14-11-8-3/h38,40,44-45H,4,6-37,39,41-43H2,1-3,5H3,(H,50,54)/b40-38-. The van der Waals surface area contributed by atoms with E-state index >= 15 is 0 Å². The largest absolute Gasteiger partial charge is 0.466 e. The molecule has 0 aliphatic carbocycles. The van der Waals surface area contributed by atoms with E-state index < -0.39 is 6.09 Å². The number of carbonyl (C=O) groups is 3. The summed E-state index contributed by atoms with van der Waals surface area (Å²) in [4.78, 5) is 43.4. The molecule has 0 heterocycles. The number of aliphatic imine (C=N–C) groups is 1. The second-order valence-electron chi connectivity index (χ2n) is 16.5. The van der Waals surface area contributed by atoms with E-state index in [-0.39, 0.29) is 24.6 Å². The molecule has 0 bridgehead atoms. The smallest absolute Gasteiger partial charge is 0.407 e. The van der Waals surface area contributed by atoms with Crippen molar-refractivity contribution in [1.82, 2.24) is 10.2 Å². The molecule has 334 valence electrons. The van der Waals surface area contributed by atoms with Gasteiger partial charge in [0, 0.05) is 51.8 Å². The molecule has 9 heteroatoms. The lowest BCUT2D eigenvalue weighted by Crippen LogP contribution is -2.31. The van der Waals surface area contributed by atoms with Crippen molar-refractivity contribution >= 4 is 24.7 Å². The highest BCUT2D eigenvalue weighted by molar-refractivity contribution is 5.70. The van der Waals surface area contributed by atoms with Crippen LogP contribution in [0.3, 0.4) is 0 Å². The second-order valence-corrected chi connectivity index (χ2v) is 16.5. The van der Waals surface area contributed by atoms with Crippen LogP contribution in [0.2, 0.25) is 0 Å². The normalized spacial score (nSPS) is 11.9. The number of nitrogens with zero attached hydrogens (tertiary/aromatic N) is 2. The first-order valence-electron chi connectivity index (χ1n) is 23.9. The topological polar surface area (TPSA) is 107 Å². The second kappa shape index (κ2) is 43.0. The van der Waals surface area contributed by atoms with E-state index in [1.54, 1.807) is 6.20 Å². The molecule has 1 unspecified atom stereocenters. The van der Waals surface area contributed by atoms with Gasteiger partial charge in [-0.3, -0.25) is 14.6 Å². The van der Waals surface area contributed by atoms with Gasteiger partial charge in [-0.05, 0) is 57.6 Å². The summed E-state index contributed by atoms with van der Waals surface area (Å²) >= 11 is 0. The predicted molar refractivity (Wildman–Crippen MR) is 240 cm³/mol. The molecular weight excluding hydrogens is 715 g/mol. The first-order chi connectivity index (χ1) is 27.9.